The van der Waals surface area contributed by atoms with Gasteiger partial charge in [0.1, 0.15) is 5.82 Å². The molecule has 0 amide bonds. The van der Waals surface area contributed by atoms with E-state index in [1.165, 1.54) is 12.1 Å². The lowest BCUT2D eigenvalue weighted by molar-refractivity contribution is 0.101. The van der Waals surface area contributed by atoms with Crippen molar-refractivity contribution >= 4 is 23.1 Å². The van der Waals surface area contributed by atoms with E-state index in [9.17, 15) is 9.18 Å². The van der Waals surface area contributed by atoms with Gasteiger partial charge in [0.25, 0.3) is 0 Å². The number of hydrogen-bond acceptors (Lipinski definition) is 2. The van der Waals surface area contributed by atoms with E-state index in [4.69, 9.17) is 11.6 Å². The van der Waals surface area contributed by atoms with Crippen LogP contribution >= 0.6 is 11.6 Å². The van der Waals surface area contributed by atoms with E-state index in [0.717, 1.165) is 0 Å². The number of nitrogens with one attached hydrogen (secondary N) is 1. The van der Waals surface area contributed by atoms with Crippen molar-refractivity contribution in [3.63, 3.8) is 0 Å². The van der Waals surface area contributed by atoms with Crippen LogP contribution in [-0.2, 0) is 0 Å². The molecule has 0 aliphatic carbocycles. The minimum absolute atomic E-state index is 0.0454. The van der Waals surface area contributed by atoms with Gasteiger partial charge in [0.2, 0.25) is 0 Å². The molecule has 0 spiro atoms. The van der Waals surface area contributed by atoms with Crippen LogP contribution in [0.4, 0.5) is 10.1 Å². The minimum atomic E-state index is -0.301. The molecule has 0 aromatic heterocycles. The van der Waals surface area contributed by atoms with E-state index in [1.807, 2.05) is 0 Å². The monoisotopic (exact) mass is 263 g/mol. The molecule has 92 valence electrons. The number of carbonyl (C=O) groups is 1. The highest BCUT2D eigenvalue weighted by atomic mass is 35.5. The summed E-state index contributed by atoms with van der Waals surface area (Å²) in [5.74, 6) is -0.347. The number of halogens is 2. The Balaban J connectivity index is 1.96. The molecule has 1 N–H and O–H groups in total. The molecule has 2 nitrogen and oxygen atoms in total. The Morgan fingerprint density at radius 1 is 1.06 bits per heavy atom. The van der Waals surface area contributed by atoms with Crippen LogP contribution in [0.15, 0.2) is 48.5 Å². The molecule has 0 aliphatic rings. The molecule has 0 radical (unpaired) electrons. The first-order valence-electron chi connectivity index (χ1n) is 5.43. The third-order valence-corrected chi connectivity index (χ3v) is 2.72. The topological polar surface area (TPSA) is 29.1 Å². The summed E-state index contributed by atoms with van der Waals surface area (Å²) in [6.07, 6.45) is 0. The number of benzene rings is 2. The lowest BCUT2D eigenvalue weighted by Crippen LogP contribution is -2.13. The molecule has 0 saturated carbocycles. The quantitative estimate of drug-likeness (QED) is 0.851. The first-order valence-corrected chi connectivity index (χ1v) is 5.81. The smallest absolute Gasteiger partial charge is 0.181 e. The van der Waals surface area contributed by atoms with Gasteiger partial charge in [-0.25, -0.2) is 4.39 Å². The maximum atomic E-state index is 12.7. The van der Waals surface area contributed by atoms with Crippen LogP contribution in [0, 0.1) is 5.82 Å². The van der Waals surface area contributed by atoms with Crippen molar-refractivity contribution < 1.29 is 9.18 Å². The van der Waals surface area contributed by atoms with Gasteiger partial charge in [-0.1, -0.05) is 11.6 Å². The maximum absolute atomic E-state index is 12.7. The molecule has 0 atom stereocenters. The number of anilines is 1. The van der Waals surface area contributed by atoms with Crippen molar-refractivity contribution in [1.29, 1.82) is 0 Å². The van der Waals surface area contributed by atoms with Crippen molar-refractivity contribution in [3.05, 3.63) is 64.9 Å². The zero-order valence-corrected chi connectivity index (χ0v) is 10.2. The summed E-state index contributed by atoms with van der Waals surface area (Å²) in [7, 11) is 0. The van der Waals surface area contributed by atoms with Crippen LogP contribution in [0.25, 0.3) is 0 Å². The zero-order valence-electron chi connectivity index (χ0n) is 9.49. The Labute approximate surface area is 109 Å². The fraction of sp³-hybridized carbons (Fsp3) is 0.0714. The van der Waals surface area contributed by atoms with E-state index < -0.39 is 0 Å². The fourth-order valence-corrected chi connectivity index (χ4v) is 1.61. The standard InChI is InChI=1S/C14H11ClFNO/c15-11-3-1-10(2-4-11)14(18)9-17-13-7-5-12(16)6-8-13/h1-8,17H,9H2. The summed E-state index contributed by atoms with van der Waals surface area (Å²) in [5.41, 5.74) is 1.30. The van der Waals surface area contributed by atoms with Crippen molar-refractivity contribution in [2.75, 3.05) is 11.9 Å². The lowest BCUT2D eigenvalue weighted by Gasteiger charge is -2.05. The average molecular weight is 264 g/mol. The molecule has 0 fully saturated rings. The Kier molecular flexibility index (Phi) is 3.95. The molecule has 2 aromatic carbocycles. The lowest BCUT2D eigenvalue weighted by atomic mass is 10.1. The van der Waals surface area contributed by atoms with Gasteiger partial charge in [0.05, 0.1) is 6.54 Å². The van der Waals surface area contributed by atoms with E-state index in [-0.39, 0.29) is 18.1 Å². The molecule has 0 aliphatic heterocycles. The molecular formula is C14H11ClFNO. The molecule has 0 heterocycles. The van der Waals surface area contributed by atoms with Gasteiger partial charge >= 0.3 is 0 Å². The van der Waals surface area contributed by atoms with Crippen LogP contribution in [0.1, 0.15) is 10.4 Å². The van der Waals surface area contributed by atoms with Crippen LogP contribution in [0.5, 0.6) is 0 Å². The van der Waals surface area contributed by atoms with Crippen molar-refractivity contribution in [3.8, 4) is 0 Å². The third kappa shape index (κ3) is 3.31. The molecule has 2 rings (SSSR count). The fourth-order valence-electron chi connectivity index (χ4n) is 1.49. The minimum Gasteiger partial charge on any atom is -0.378 e. The summed E-state index contributed by atoms with van der Waals surface area (Å²) < 4.78 is 12.7. The SMILES string of the molecule is O=C(CNc1ccc(F)cc1)c1ccc(Cl)cc1. The van der Waals surface area contributed by atoms with Gasteiger partial charge in [0.15, 0.2) is 5.78 Å². The van der Waals surface area contributed by atoms with Crippen LogP contribution in [0.3, 0.4) is 0 Å². The predicted octanol–water partition coefficient (Wildman–Crippen LogP) is 3.77. The summed E-state index contributed by atoms with van der Waals surface area (Å²) in [6.45, 7) is 0.160. The number of carbonyl (C=O) groups excluding carboxylic acids is 1. The molecule has 0 unspecified atom stereocenters. The Morgan fingerprint density at radius 2 is 1.67 bits per heavy atom. The van der Waals surface area contributed by atoms with Gasteiger partial charge < -0.3 is 5.32 Å². The molecular weight excluding hydrogens is 253 g/mol. The van der Waals surface area contributed by atoms with E-state index in [0.29, 0.717) is 16.3 Å². The highest BCUT2D eigenvalue weighted by Crippen LogP contribution is 2.11. The molecule has 2 aromatic rings. The van der Waals surface area contributed by atoms with Crippen molar-refractivity contribution in [1.82, 2.24) is 0 Å². The third-order valence-electron chi connectivity index (χ3n) is 2.46. The maximum Gasteiger partial charge on any atom is 0.181 e. The van der Waals surface area contributed by atoms with E-state index >= 15 is 0 Å². The summed E-state index contributed by atoms with van der Waals surface area (Å²) >= 11 is 5.74. The Bertz CT molecular complexity index is 537. The van der Waals surface area contributed by atoms with Gasteiger partial charge in [-0.2, -0.15) is 0 Å². The van der Waals surface area contributed by atoms with Gasteiger partial charge in [-0.05, 0) is 48.5 Å². The molecule has 0 bridgehead atoms. The highest BCUT2D eigenvalue weighted by Gasteiger charge is 2.05. The highest BCUT2D eigenvalue weighted by molar-refractivity contribution is 6.30. The second-order valence-corrected chi connectivity index (χ2v) is 4.23. The molecule has 4 heteroatoms. The second kappa shape index (κ2) is 5.65. The van der Waals surface area contributed by atoms with Crippen LogP contribution in [0.2, 0.25) is 5.02 Å². The van der Waals surface area contributed by atoms with Crippen molar-refractivity contribution in [2.24, 2.45) is 0 Å². The van der Waals surface area contributed by atoms with Crippen LogP contribution in [-0.4, -0.2) is 12.3 Å². The normalized spacial score (nSPS) is 10.1. The summed E-state index contributed by atoms with van der Waals surface area (Å²) in [5, 5.41) is 3.53. The molecule has 0 saturated heterocycles. The first kappa shape index (κ1) is 12.6. The summed E-state index contributed by atoms with van der Waals surface area (Å²) in [6, 6.07) is 12.6. The predicted molar refractivity (Wildman–Crippen MR) is 70.7 cm³/mol. The molecule has 18 heavy (non-hydrogen) atoms. The van der Waals surface area contributed by atoms with Crippen LogP contribution < -0.4 is 5.32 Å². The van der Waals surface area contributed by atoms with Gasteiger partial charge in [-0.15, -0.1) is 0 Å². The van der Waals surface area contributed by atoms with E-state index in [1.54, 1.807) is 36.4 Å². The largest absolute Gasteiger partial charge is 0.378 e. The van der Waals surface area contributed by atoms with E-state index in [2.05, 4.69) is 5.32 Å². The number of hydrogen-bond donors (Lipinski definition) is 1. The number of rotatable bonds is 4. The second-order valence-electron chi connectivity index (χ2n) is 3.79. The first-order chi connectivity index (χ1) is 8.65. The average Bonchev–Trinajstić information content (AvgIpc) is 2.38. The van der Waals surface area contributed by atoms with Gasteiger partial charge in [-0.3, -0.25) is 4.79 Å². The Hall–Kier alpha value is -1.87. The zero-order chi connectivity index (χ0) is 13.0. The van der Waals surface area contributed by atoms with Crippen molar-refractivity contribution in [2.45, 2.75) is 0 Å². The number of ketones is 1. The summed E-state index contributed by atoms with van der Waals surface area (Å²) in [4.78, 5) is 11.8. The Morgan fingerprint density at radius 3 is 2.28 bits per heavy atom. The van der Waals surface area contributed by atoms with Gasteiger partial charge in [0, 0.05) is 16.3 Å². The number of Topliss-reactive ketones (excluding diaryl/α,β-unsaturated/α-hetero) is 1.